The van der Waals surface area contributed by atoms with Crippen LogP contribution in [0.4, 0.5) is 4.79 Å². The van der Waals surface area contributed by atoms with Gasteiger partial charge in [-0.15, -0.1) is 0 Å². The Morgan fingerprint density at radius 1 is 0.936 bits per heavy atom. The van der Waals surface area contributed by atoms with Gasteiger partial charge in [0, 0.05) is 29.8 Å². The van der Waals surface area contributed by atoms with Crippen LogP contribution in [-0.4, -0.2) is 87.9 Å². The Hall–Kier alpha value is -4.61. The Kier molecular flexibility index (Phi) is 11.0. The van der Waals surface area contributed by atoms with Crippen LogP contribution in [0.15, 0.2) is 36.4 Å². The molecule has 47 heavy (non-hydrogen) atoms. The molecule has 0 aromatic heterocycles. The number of hydrazine groups is 1. The molecule has 3 amide bonds. The maximum absolute atomic E-state index is 14.8. The summed E-state index contributed by atoms with van der Waals surface area (Å²) in [4.78, 5) is 69.3. The van der Waals surface area contributed by atoms with E-state index in [0.29, 0.717) is 11.3 Å². The molecule has 1 N–H and O–H groups in total. The molecule has 1 saturated heterocycles. The molecular weight excluding hydrogens is 606 g/mol. The summed E-state index contributed by atoms with van der Waals surface area (Å²) >= 11 is 0. The minimum absolute atomic E-state index is 0.0688. The smallest absolute Gasteiger partial charge is 0.410 e. The fourth-order valence-corrected chi connectivity index (χ4v) is 5.89. The van der Waals surface area contributed by atoms with Gasteiger partial charge in [-0.3, -0.25) is 19.2 Å². The second-order valence-electron chi connectivity index (χ2n) is 14.0. The molecule has 0 spiro atoms. The fourth-order valence-electron chi connectivity index (χ4n) is 5.89. The normalized spacial score (nSPS) is 15.2. The number of rotatable bonds is 8. The maximum atomic E-state index is 14.8. The molecule has 0 aliphatic carbocycles. The lowest BCUT2D eigenvalue weighted by atomic mass is 9.76. The third kappa shape index (κ3) is 8.04. The van der Waals surface area contributed by atoms with Crippen LogP contribution in [0.25, 0.3) is 0 Å². The van der Waals surface area contributed by atoms with Gasteiger partial charge in [-0.1, -0.05) is 23.3 Å². The van der Waals surface area contributed by atoms with E-state index in [9.17, 15) is 29.1 Å². The number of aliphatic carboxylic acids is 1. The van der Waals surface area contributed by atoms with Gasteiger partial charge in [-0.2, -0.15) is 0 Å². The van der Waals surface area contributed by atoms with Crippen molar-refractivity contribution in [2.45, 2.75) is 92.5 Å². The lowest BCUT2D eigenvalue weighted by molar-refractivity contribution is -0.208. The molecule has 12 heteroatoms. The summed E-state index contributed by atoms with van der Waals surface area (Å²) in [5.74, 6) is -2.35. The third-order valence-electron chi connectivity index (χ3n) is 8.07. The van der Waals surface area contributed by atoms with Gasteiger partial charge >= 0.3 is 12.1 Å². The van der Waals surface area contributed by atoms with E-state index in [0.717, 1.165) is 16.1 Å². The predicted octanol–water partition coefficient (Wildman–Crippen LogP) is 5.52. The number of hydrogen-bond acceptors (Lipinski definition) is 8. The summed E-state index contributed by atoms with van der Waals surface area (Å²) in [7, 11) is 1.45. The van der Waals surface area contributed by atoms with Crippen LogP contribution in [-0.2, 0) is 19.1 Å². The van der Waals surface area contributed by atoms with Gasteiger partial charge in [0.2, 0.25) is 6.23 Å². The Balaban J connectivity index is 2.29. The van der Waals surface area contributed by atoms with Crippen LogP contribution in [0.2, 0.25) is 0 Å². The second-order valence-corrected chi connectivity index (χ2v) is 14.0. The van der Waals surface area contributed by atoms with E-state index in [-0.39, 0.29) is 43.5 Å². The third-order valence-corrected chi connectivity index (χ3v) is 8.07. The van der Waals surface area contributed by atoms with Gasteiger partial charge in [0.05, 0.1) is 12.6 Å². The highest BCUT2D eigenvalue weighted by Gasteiger charge is 2.57. The van der Waals surface area contributed by atoms with Crippen LogP contribution in [0.1, 0.15) is 91.8 Å². The molecular formula is C35H47N3O9. The number of likely N-dealkylation sites (tertiary alicyclic amines) is 1. The van der Waals surface area contributed by atoms with Gasteiger partial charge < -0.3 is 24.2 Å². The quantitative estimate of drug-likeness (QED) is 0.221. The first-order valence-corrected chi connectivity index (χ1v) is 15.5. The number of carbonyl (C=O) groups is 5. The van der Waals surface area contributed by atoms with Crippen molar-refractivity contribution < 1.29 is 43.3 Å². The van der Waals surface area contributed by atoms with Crippen molar-refractivity contribution in [3.63, 3.8) is 0 Å². The van der Waals surface area contributed by atoms with Crippen molar-refractivity contribution in [2.75, 3.05) is 20.2 Å². The number of aryl methyl sites for hydroxylation is 2. The first-order chi connectivity index (χ1) is 21.8. The number of ether oxygens (including phenoxy) is 3. The molecule has 3 rings (SSSR count). The van der Waals surface area contributed by atoms with Crippen molar-refractivity contribution in [1.29, 1.82) is 0 Å². The number of carboxylic acid groups (broad SMARTS) is 1. The molecule has 0 saturated carbocycles. The van der Waals surface area contributed by atoms with E-state index in [1.807, 2.05) is 19.9 Å². The van der Waals surface area contributed by atoms with Gasteiger partial charge in [-0.25, -0.2) is 14.8 Å². The van der Waals surface area contributed by atoms with Gasteiger partial charge in [0.15, 0.2) is 0 Å². The molecule has 2 aromatic rings. The zero-order valence-electron chi connectivity index (χ0n) is 29.0. The average Bonchev–Trinajstić information content (AvgIpc) is 2.96. The number of carboxylic acids is 1. The number of nitrogens with zero attached hydrogens (tertiary/aromatic N) is 3. The summed E-state index contributed by atoms with van der Waals surface area (Å²) < 4.78 is 16.6. The summed E-state index contributed by atoms with van der Waals surface area (Å²) in [6.45, 7) is 15.5. The lowest BCUT2D eigenvalue weighted by Crippen LogP contribution is -2.68. The summed E-state index contributed by atoms with van der Waals surface area (Å²) in [5.41, 5.74) is -1.42. The molecule has 0 bridgehead atoms. The fraction of sp³-hybridized carbons (Fsp3) is 0.514. The standard InChI is InChI=1S/C35H47N3O9/c1-22-18-23(2)20-25(19-22)28(40)38(33(4,5)6)37(29(41)26-12-11-13-27(45-10)24(26)3)30(46-21-39)35(31(42)43)14-16-36(17-15-35)32(44)47-34(7,8)9/h11-13,18-21,30H,14-17H2,1-10H3,(H,42,43). The first kappa shape index (κ1) is 36.9. The van der Waals surface area contributed by atoms with Crippen molar-refractivity contribution >= 4 is 30.3 Å². The molecule has 1 heterocycles. The zero-order valence-corrected chi connectivity index (χ0v) is 29.0. The molecule has 12 nitrogen and oxygen atoms in total. The van der Waals surface area contributed by atoms with Crippen molar-refractivity contribution in [1.82, 2.24) is 14.9 Å². The molecule has 1 aliphatic heterocycles. The van der Waals surface area contributed by atoms with E-state index < -0.39 is 46.7 Å². The average molecular weight is 654 g/mol. The molecule has 1 fully saturated rings. The molecule has 1 unspecified atom stereocenters. The highest BCUT2D eigenvalue weighted by Crippen LogP contribution is 2.42. The summed E-state index contributed by atoms with van der Waals surface area (Å²) in [6, 6.07) is 10.1. The monoisotopic (exact) mass is 653 g/mol. The maximum Gasteiger partial charge on any atom is 0.410 e. The highest BCUT2D eigenvalue weighted by molar-refractivity contribution is 6.01. The molecule has 2 aromatic carbocycles. The summed E-state index contributed by atoms with van der Waals surface area (Å²) in [6.07, 6.45) is -2.84. The number of benzene rings is 2. The zero-order chi connectivity index (χ0) is 35.5. The van der Waals surface area contributed by atoms with Gasteiger partial charge in [-0.05, 0) is 99.4 Å². The van der Waals surface area contributed by atoms with Crippen molar-refractivity contribution in [3.05, 3.63) is 64.2 Å². The van der Waals surface area contributed by atoms with Crippen LogP contribution >= 0.6 is 0 Å². The molecule has 1 aliphatic rings. The number of carbonyl (C=O) groups excluding carboxylic acids is 4. The Morgan fingerprint density at radius 2 is 1.51 bits per heavy atom. The summed E-state index contributed by atoms with van der Waals surface area (Å²) in [5, 5.41) is 13.0. The van der Waals surface area contributed by atoms with Crippen LogP contribution in [0.5, 0.6) is 5.75 Å². The number of hydrogen-bond donors (Lipinski definition) is 1. The Labute approximate surface area is 276 Å². The van der Waals surface area contributed by atoms with Gasteiger partial charge in [0.25, 0.3) is 18.3 Å². The van der Waals surface area contributed by atoms with Gasteiger partial charge in [0.1, 0.15) is 16.8 Å². The van der Waals surface area contributed by atoms with Crippen molar-refractivity contribution in [3.8, 4) is 5.75 Å². The lowest BCUT2D eigenvalue weighted by Gasteiger charge is -2.51. The van der Waals surface area contributed by atoms with E-state index in [1.54, 1.807) is 72.7 Å². The topological polar surface area (TPSA) is 143 Å². The van der Waals surface area contributed by atoms with Crippen LogP contribution < -0.4 is 4.74 Å². The number of piperidine rings is 1. The molecule has 1 atom stereocenters. The number of methoxy groups -OCH3 is 1. The van der Waals surface area contributed by atoms with Crippen LogP contribution in [0.3, 0.4) is 0 Å². The van der Waals surface area contributed by atoms with E-state index in [1.165, 1.54) is 23.1 Å². The van der Waals surface area contributed by atoms with E-state index in [4.69, 9.17) is 14.2 Å². The molecule has 256 valence electrons. The second kappa shape index (κ2) is 14.0. The minimum Gasteiger partial charge on any atom is -0.496 e. The highest BCUT2D eigenvalue weighted by atomic mass is 16.6. The van der Waals surface area contributed by atoms with Crippen LogP contribution in [0, 0.1) is 26.2 Å². The molecule has 0 radical (unpaired) electrons. The minimum atomic E-state index is -1.92. The van der Waals surface area contributed by atoms with E-state index in [2.05, 4.69) is 0 Å². The SMILES string of the molecule is COc1cccc(C(=O)N(C(OC=O)C2(C(=O)O)CCN(C(=O)OC(C)(C)C)CC2)N(C(=O)c2cc(C)cc(C)c2)C(C)(C)C)c1C. The predicted molar refractivity (Wildman–Crippen MR) is 174 cm³/mol. The number of amides is 3. The van der Waals surface area contributed by atoms with Crippen molar-refractivity contribution in [2.24, 2.45) is 5.41 Å². The Bertz CT molecular complexity index is 1490. The largest absolute Gasteiger partial charge is 0.496 e. The first-order valence-electron chi connectivity index (χ1n) is 15.5. The van der Waals surface area contributed by atoms with E-state index >= 15 is 0 Å². The Morgan fingerprint density at radius 3 is 1.98 bits per heavy atom.